The zero-order valence-corrected chi connectivity index (χ0v) is 16.9. The number of nitrogens with zero attached hydrogens (tertiary/aromatic N) is 1. The zero-order chi connectivity index (χ0) is 19.5. The van der Waals surface area contributed by atoms with Gasteiger partial charge >= 0.3 is 0 Å². The summed E-state index contributed by atoms with van der Waals surface area (Å²) in [5.41, 5.74) is 1.29. The standard InChI is InChI=1S/C19H20ClNO4S2/c20-18-9-5-4-8-17(18)19-10-12-21(13-15-26(19,22)23)27(24,25)14-11-16-6-2-1-3-7-16/h1-9,11,14,19H,10,12-13,15H2/b14-11+. The van der Waals surface area contributed by atoms with Gasteiger partial charge in [0.2, 0.25) is 10.0 Å². The third-order valence-corrected chi connectivity index (χ3v) is 8.56. The lowest BCUT2D eigenvalue weighted by atomic mass is 10.1. The fourth-order valence-electron chi connectivity index (χ4n) is 3.08. The molecule has 0 spiro atoms. The highest BCUT2D eigenvalue weighted by atomic mass is 35.5. The highest BCUT2D eigenvalue weighted by Gasteiger charge is 2.35. The molecule has 1 aliphatic rings. The molecule has 2 aromatic carbocycles. The molecule has 2 aromatic rings. The predicted octanol–water partition coefficient (Wildman–Crippen LogP) is 3.50. The van der Waals surface area contributed by atoms with Gasteiger partial charge in [-0.1, -0.05) is 60.1 Å². The zero-order valence-electron chi connectivity index (χ0n) is 14.5. The minimum absolute atomic E-state index is 0.0647. The van der Waals surface area contributed by atoms with E-state index >= 15 is 0 Å². The van der Waals surface area contributed by atoms with Gasteiger partial charge in [0.1, 0.15) is 0 Å². The van der Waals surface area contributed by atoms with Gasteiger partial charge in [-0.15, -0.1) is 0 Å². The molecular weight excluding hydrogens is 406 g/mol. The lowest BCUT2D eigenvalue weighted by Gasteiger charge is -2.18. The van der Waals surface area contributed by atoms with Crippen molar-refractivity contribution < 1.29 is 16.8 Å². The third kappa shape index (κ3) is 4.79. The summed E-state index contributed by atoms with van der Waals surface area (Å²) in [7, 11) is -7.23. The second-order valence-electron chi connectivity index (χ2n) is 6.32. The molecule has 3 rings (SSSR count). The van der Waals surface area contributed by atoms with Crippen LogP contribution >= 0.6 is 11.6 Å². The molecule has 144 valence electrons. The van der Waals surface area contributed by atoms with Gasteiger partial charge in [0.15, 0.2) is 9.84 Å². The minimum atomic E-state index is -3.72. The first-order valence-corrected chi connectivity index (χ1v) is 12.1. The molecule has 1 unspecified atom stereocenters. The Morgan fingerprint density at radius 1 is 1.00 bits per heavy atom. The van der Waals surface area contributed by atoms with Gasteiger partial charge in [-0.25, -0.2) is 16.8 Å². The van der Waals surface area contributed by atoms with Gasteiger partial charge in [0.05, 0.1) is 11.0 Å². The first-order valence-electron chi connectivity index (χ1n) is 8.49. The van der Waals surface area contributed by atoms with Crippen molar-refractivity contribution in [3.63, 3.8) is 0 Å². The van der Waals surface area contributed by atoms with Crippen molar-refractivity contribution in [1.29, 1.82) is 0 Å². The van der Waals surface area contributed by atoms with E-state index in [9.17, 15) is 16.8 Å². The van der Waals surface area contributed by atoms with Crippen molar-refractivity contribution in [3.05, 3.63) is 76.2 Å². The molecular formula is C19H20ClNO4S2. The molecule has 0 N–H and O–H groups in total. The summed E-state index contributed by atoms with van der Waals surface area (Å²) < 4.78 is 51.9. The molecule has 0 bridgehead atoms. The summed E-state index contributed by atoms with van der Waals surface area (Å²) >= 11 is 6.17. The van der Waals surface area contributed by atoms with E-state index in [-0.39, 0.29) is 25.3 Å². The summed E-state index contributed by atoms with van der Waals surface area (Å²) in [4.78, 5) is 0. The molecule has 0 radical (unpaired) electrons. The van der Waals surface area contributed by atoms with Gasteiger partial charge < -0.3 is 0 Å². The Hall–Kier alpha value is -1.67. The smallest absolute Gasteiger partial charge is 0.228 e. The summed E-state index contributed by atoms with van der Waals surface area (Å²) in [5, 5.41) is 0.709. The van der Waals surface area contributed by atoms with Crippen LogP contribution in [0.5, 0.6) is 0 Å². The number of hydrogen-bond donors (Lipinski definition) is 0. The average molecular weight is 426 g/mol. The molecule has 0 aromatic heterocycles. The fraction of sp³-hybridized carbons (Fsp3) is 0.263. The molecule has 1 aliphatic heterocycles. The molecule has 27 heavy (non-hydrogen) atoms. The molecule has 5 nitrogen and oxygen atoms in total. The van der Waals surface area contributed by atoms with Crippen LogP contribution in [0.2, 0.25) is 5.02 Å². The monoisotopic (exact) mass is 425 g/mol. The normalized spacial score (nSPS) is 21.1. The lowest BCUT2D eigenvalue weighted by Crippen LogP contribution is -2.32. The predicted molar refractivity (Wildman–Crippen MR) is 109 cm³/mol. The SMILES string of the molecule is O=S1(=O)CCN(S(=O)(=O)/C=C/c2ccccc2)CCC1c1ccccc1Cl. The molecule has 8 heteroatoms. The van der Waals surface area contributed by atoms with Crippen LogP contribution in [0.4, 0.5) is 0 Å². The van der Waals surface area contributed by atoms with Gasteiger partial charge in [-0.05, 0) is 29.7 Å². The van der Waals surface area contributed by atoms with Gasteiger partial charge in [0, 0.05) is 23.5 Å². The van der Waals surface area contributed by atoms with Crippen LogP contribution in [0.25, 0.3) is 6.08 Å². The molecule has 1 saturated heterocycles. The molecule has 1 heterocycles. The Morgan fingerprint density at radius 3 is 2.37 bits per heavy atom. The number of hydrogen-bond acceptors (Lipinski definition) is 4. The van der Waals surface area contributed by atoms with Gasteiger partial charge in [0.25, 0.3) is 0 Å². The van der Waals surface area contributed by atoms with Crippen molar-refractivity contribution in [2.24, 2.45) is 0 Å². The van der Waals surface area contributed by atoms with Gasteiger partial charge in [-0.3, -0.25) is 0 Å². The van der Waals surface area contributed by atoms with Crippen LogP contribution in [0.15, 0.2) is 60.0 Å². The lowest BCUT2D eigenvalue weighted by molar-refractivity contribution is 0.435. The van der Waals surface area contributed by atoms with Crippen LogP contribution in [-0.4, -0.2) is 40.0 Å². The molecule has 0 amide bonds. The van der Waals surface area contributed by atoms with Crippen molar-refractivity contribution in [1.82, 2.24) is 4.31 Å². The Bertz CT molecular complexity index is 1030. The van der Waals surface area contributed by atoms with E-state index in [0.717, 1.165) is 11.0 Å². The molecule has 0 saturated carbocycles. The Morgan fingerprint density at radius 2 is 1.67 bits per heavy atom. The van der Waals surface area contributed by atoms with Crippen molar-refractivity contribution >= 4 is 37.5 Å². The maximum Gasteiger partial charge on any atom is 0.236 e. The number of sulfone groups is 1. The average Bonchev–Trinajstić information content (AvgIpc) is 2.80. The van der Waals surface area contributed by atoms with E-state index in [2.05, 4.69) is 0 Å². The van der Waals surface area contributed by atoms with Gasteiger partial charge in [-0.2, -0.15) is 4.31 Å². The number of rotatable bonds is 4. The maximum absolute atomic E-state index is 12.7. The second kappa shape index (κ2) is 8.14. The fourth-order valence-corrected chi connectivity index (χ4v) is 6.55. The maximum atomic E-state index is 12.7. The van der Waals surface area contributed by atoms with E-state index < -0.39 is 25.1 Å². The van der Waals surface area contributed by atoms with E-state index in [1.807, 2.05) is 18.2 Å². The number of sulfonamides is 1. The van der Waals surface area contributed by atoms with E-state index in [1.54, 1.807) is 36.4 Å². The van der Waals surface area contributed by atoms with Crippen LogP contribution in [-0.2, 0) is 19.9 Å². The van der Waals surface area contributed by atoms with Crippen molar-refractivity contribution in [2.75, 3.05) is 18.8 Å². The van der Waals surface area contributed by atoms with Crippen molar-refractivity contribution in [3.8, 4) is 0 Å². The number of benzene rings is 2. The highest BCUT2D eigenvalue weighted by molar-refractivity contribution is 7.93. The topological polar surface area (TPSA) is 71.5 Å². The first kappa shape index (κ1) is 20.1. The van der Waals surface area contributed by atoms with Crippen LogP contribution in [0, 0.1) is 0 Å². The second-order valence-corrected chi connectivity index (χ2v) is 10.9. The van der Waals surface area contributed by atoms with Crippen LogP contribution in [0.1, 0.15) is 22.8 Å². The largest absolute Gasteiger partial charge is 0.236 e. The van der Waals surface area contributed by atoms with Crippen molar-refractivity contribution in [2.45, 2.75) is 11.7 Å². The number of halogens is 1. The van der Waals surface area contributed by atoms with E-state index in [0.29, 0.717) is 10.6 Å². The summed E-state index contributed by atoms with van der Waals surface area (Å²) in [6.07, 6.45) is 1.69. The first-order chi connectivity index (χ1) is 12.8. The minimum Gasteiger partial charge on any atom is -0.228 e. The third-order valence-electron chi connectivity index (χ3n) is 4.54. The summed E-state index contributed by atoms with van der Waals surface area (Å²) in [6, 6.07) is 15.9. The highest BCUT2D eigenvalue weighted by Crippen LogP contribution is 2.34. The summed E-state index contributed by atoms with van der Waals surface area (Å²) in [6.45, 7) is 0.0569. The Balaban J connectivity index is 1.83. The Labute approximate surface area is 165 Å². The van der Waals surface area contributed by atoms with E-state index in [1.165, 1.54) is 10.4 Å². The van der Waals surface area contributed by atoms with Crippen LogP contribution < -0.4 is 0 Å². The Kier molecular flexibility index (Phi) is 6.05. The molecule has 0 aliphatic carbocycles. The molecule has 1 fully saturated rings. The van der Waals surface area contributed by atoms with Crippen LogP contribution in [0.3, 0.4) is 0 Å². The summed E-state index contributed by atoms with van der Waals surface area (Å²) in [5.74, 6) is -0.235. The quantitative estimate of drug-likeness (QED) is 0.751. The molecule has 1 atom stereocenters. The van der Waals surface area contributed by atoms with E-state index in [4.69, 9.17) is 11.6 Å².